The zero-order chi connectivity index (χ0) is 31.6. The average Bonchev–Trinajstić information content (AvgIpc) is 3.76. The first-order valence-corrected chi connectivity index (χ1v) is 16.0. The zero-order valence-corrected chi connectivity index (χ0v) is 25.4. The lowest BCUT2D eigenvalue weighted by atomic mass is 9.97. The van der Waals surface area contributed by atoms with Crippen LogP contribution in [0.4, 0.5) is 17.6 Å². The maximum absolute atomic E-state index is 14.7. The van der Waals surface area contributed by atoms with Crippen molar-refractivity contribution in [1.82, 2.24) is 0 Å². The van der Waals surface area contributed by atoms with Gasteiger partial charge in [0.05, 0.1) is 0 Å². The summed E-state index contributed by atoms with van der Waals surface area (Å²) in [4.78, 5) is 0. The molecule has 0 aliphatic heterocycles. The Morgan fingerprint density at radius 1 is 0.370 bits per heavy atom. The Balaban J connectivity index is 1.10. The van der Waals surface area contributed by atoms with Crippen LogP contribution in [-0.2, 0) is 0 Å². The Labute approximate surface area is 266 Å². The van der Waals surface area contributed by atoms with Gasteiger partial charge in [-0.15, -0.1) is 0 Å². The Bertz CT molecular complexity index is 1720. The van der Waals surface area contributed by atoms with Crippen LogP contribution < -0.4 is 9.47 Å². The third-order valence-electron chi connectivity index (χ3n) is 9.21. The van der Waals surface area contributed by atoms with Crippen LogP contribution in [0.1, 0.15) is 74.3 Å². The molecule has 5 aromatic carbocycles. The first-order valence-electron chi connectivity index (χ1n) is 16.0. The molecule has 2 saturated carbocycles. The Kier molecular flexibility index (Phi) is 8.53. The minimum Gasteiger partial charge on any atom is -0.457 e. The van der Waals surface area contributed by atoms with Crippen LogP contribution in [-0.4, -0.2) is 0 Å². The molecule has 0 atom stereocenters. The highest BCUT2D eigenvalue weighted by atomic mass is 19.1. The van der Waals surface area contributed by atoms with Crippen molar-refractivity contribution in [3.63, 3.8) is 0 Å². The highest BCUT2D eigenvalue weighted by Gasteiger charge is 2.20. The molecule has 6 heteroatoms. The van der Waals surface area contributed by atoms with Crippen LogP contribution in [0.2, 0.25) is 0 Å². The Morgan fingerprint density at radius 3 is 1.07 bits per heavy atom. The number of halogens is 4. The predicted molar refractivity (Wildman–Crippen MR) is 173 cm³/mol. The monoisotopic (exact) mass is 622 g/mol. The molecule has 0 amide bonds. The number of hydrogen-bond acceptors (Lipinski definition) is 2. The van der Waals surface area contributed by atoms with Crippen molar-refractivity contribution in [1.29, 1.82) is 0 Å². The van der Waals surface area contributed by atoms with Gasteiger partial charge in [-0.25, -0.2) is 17.6 Å². The smallest absolute Gasteiger partial charge is 0.130 e. The molecule has 5 aromatic rings. The molecule has 0 heterocycles. The van der Waals surface area contributed by atoms with Crippen molar-refractivity contribution in [2.24, 2.45) is 0 Å². The fourth-order valence-electron chi connectivity index (χ4n) is 6.98. The van der Waals surface area contributed by atoms with E-state index >= 15 is 0 Å². The van der Waals surface area contributed by atoms with Gasteiger partial charge in [0.15, 0.2) is 0 Å². The molecule has 0 unspecified atom stereocenters. The van der Waals surface area contributed by atoms with E-state index in [2.05, 4.69) is 0 Å². The van der Waals surface area contributed by atoms with Gasteiger partial charge in [-0.2, -0.15) is 0 Å². The van der Waals surface area contributed by atoms with Crippen molar-refractivity contribution in [2.75, 3.05) is 0 Å². The SMILES string of the molecule is Fc1cc(Oc2cc(F)cc(C3CCCC3)c2)cc(-c2ccc(-c3cc(F)cc(Oc4cc(F)cc(C5CCCC5)c4)c3)cc2)c1. The summed E-state index contributed by atoms with van der Waals surface area (Å²) in [5.74, 6) is 0.132. The summed E-state index contributed by atoms with van der Waals surface area (Å²) in [6.45, 7) is 0. The highest BCUT2D eigenvalue weighted by molar-refractivity contribution is 5.72. The molecule has 0 radical (unpaired) electrons. The van der Waals surface area contributed by atoms with Crippen molar-refractivity contribution in [3.05, 3.63) is 131 Å². The number of benzene rings is 5. The molecule has 0 spiro atoms. The minimum absolute atomic E-state index is 0.266. The molecule has 0 bridgehead atoms. The summed E-state index contributed by atoms with van der Waals surface area (Å²) >= 11 is 0. The molecule has 0 saturated heterocycles. The van der Waals surface area contributed by atoms with Crippen LogP contribution in [0.5, 0.6) is 23.0 Å². The van der Waals surface area contributed by atoms with Crippen LogP contribution in [0.25, 0.3) is 22.3 Å². The molecule has 2 aliphatic carbocycles. The van der Waals surface area contributed by atoms with Crippen LogP contribution in [0.3, 0.4) is 0 Å². The van der Waals surface area contributed by atoms with E-state index < -0.39 is 11.6 Å². The van der Waals surface area contributed by atoms with E-state index in [0.29, 0.717) is 34.5 Å². The van der Waals surface area contributed by atoms with Gasteiger partial charge in [0.1, 0.15) is 46.3 Å². The van der Waals surface area contributed by atoms with Crippen molar-refractivity contribution in [3.8, 4) is 45.3 Å². The van der Waals surface area contributed by atoms with Crippen LogP contribution >= 0.6 is 0 Å². The molecular formula is C40H34F4O2. The summed E-state index contributed by atoms with van der Waals surface area (Å²) < 4.78 is 70.3. The molecular weight excluding hydrogens is 588 g/mol. The Hall–Kier alpha value is -4.58. The number of rotatable bonds is 8. The molecule has 2 nitrogen and oxygen atoms in total. The molecule has 0 aromatic heterocycles. The number of hydrogen-bond donors (Lipinski definition) is 0. The first-order chi connectivity index (χ1) is 22.3. The summed E-state index contributed by atoms with van der Waals surface area (Å²) in [7, 11) is 0. The lowest BCUT2D eigenvalue weighted by Gasteiger charge is -2.14. The Morgan fingerprint density at radius 2 is 0.696 bits per heavy atom. The molecule has 234 valence electrons. The predicted octanol–water partition coefficient (Wildman–Crippen LogP) is 12.5. The van der Waals surface area contributed by atoms with E-state index in [9.17, 15) is 17.6 Å². The standard InChI is InChI=1S/C40H34F4O2/c41-33-13-29(25-5-1-2-6-25)17-37(21-33)45-39-19-31(15-35(43)23-39)27-9-11-28(12-10-27)32-16-36(44)24-40(20-32)46-38-18-30(14-34(42)22-38)26-7-3-4-8-26/h9-26H,1-8H2. The summed E-state index contributed by atoms with van der Waals surface area (Å²) in [5, 5.41) is 0. The third kappa shape index (κ3) is 6.96. The largest absolute Gasteiger partial charge is 0.457 e. The normalized spacial score (nSPS) is 15.4. The topological polar surface area (TPSA) is 18.5 Å². The van der Waals surface area contributed by atoms with Gasteiger partial charge in [-0.3, -0.25) is 0 Å². The van der Waals surface area contributed by atoms with Crippen molar-refractivity contribution < 1.29 is 27.0 Å². The van der Waals surface area contributed by atoms with Gasteiger partial charge >= 0.3 is 0 Å². The van der Waals surface area contributed by atoms with Crippen molar-refractivity contribution >= 4 is 0 Å². The van der Waals surface area contributed by atoms with Crippen molar-refractivity contribution in [2.45, 2.75) is 63.2 Å². The summed E-state index contributed by atoms with van der Waals surface area (Å²) in [6, 6.07) is 25.5. The average molecular weight is 623 g/mol. The van der Waals surface area contributed by atoms with Gasteiger partial charge in [0.25, 0.3) is 0 Å². The highest BCUT2D eigenvalue weighted by Crippen LogP contribution is 2.39. The fourth-order valence-corrected chi connectivity index (χ4v) is 6.98. The second-order valence-electron chi connectivity index (χ2n) is 12.5. The van der Waals surface area contributed by atoms with Gasteiger partial charge in [-0.1, -0.05) is 49.9 Å². The van der Waals surface area contributed by atoms with E-state index in [0.717, 1.165) is 73.6 Å². The molecule has 46 heavy (non-hydrogen) atoms. The maximum atomic E-state index is 14.7. The summed E-state index contributed by atoms with van der Waals surface area (Å²) in [5.41, 5.74) is 4.45. The molecule has 0 N–H and O–H groups in total. The lowest BCUT2D eigenvalue weighted by molar-refractivity contribution is 0.469. The van der Waals surface area contributed by atoms with Crippen LogP contribution in [0, 0.1) is 23.3 Å². The molecule has 7 rings (SSSR count). The zero-order valence-electron chi connectivity index (χ0n) is 25.4. The third-order valence-corrected chi connectivity index (χ3v) is 9.21. The molecule has 2 aliphatic rings. The van der Waals surface area contributed by atoms with Gasteiger partial charge in [-0.05, 0) is 119 Å². The van der Waals surface area contributed by atoms with E-state index in [1.54, 1.807) is 24.3 Å². The summed E-state index contributed by atoms with van der Waals surface area (Å²) in [6.07, 6.45) is 8.65. The fraction of sp³-hybridized carbons (Fsp3) is 0.250. The maximum Gasteiger partial charge on any atom is 0.130 e. The van der Waals surface area contributed by atoms with E-state index in [1.165, 1.54) is 36.4 Å². The quantitative estimate of drug-likeness (QED) is 0.160. The van der Waals surface area contributed by atoms with E-state index in [1.807, 2.05) is 36.4 Å². The minimum atomic E-state index is -0.482. The van der Waals surface area contributed by atoms with E-state index in [-0.39, 0.29) is 23.1 Å². The first kappa shape index (κ1) is 30.1. The second-order valence-corrected chi connectivity index (χ2v) is 12.5. The second kappa shape index (κ2) is 13.0. The lowest BCUT2D eigenvalue weighted by Crippen LogP contribution is -1.96. The van der Waals surface area contributed by atoms with Gasteiger partial charge < -0.3 is 9.47 Å². The van der Waals surface area contributed by atoms with Crippen LogP contribution in [0.15, 0.2) is 97.1 Å². The van der Waals surface area contributed by atoms with Gasteiger partial charge in [0.2, 0.25) is 0 Å². The molecule has 2 fully saturated rings. The number of ether oxygens (including phenoxy) is 2. The van der Waals surface area contributed by atoms with Gasteiger partial charge in [0, 0.05) is 24.3 Å². The van der Waals surface area contributed by atoms with E-state index in [4.69, 9.17) is 9.47 Å².